The molecule has 5 heteroatoms. The van der Waals surface area contributed by atoms with Crippen molar-refractivity contribution in [3.05, 3.63) is 0 Å². The summed E-state index contributed by atoms with van der Waals surface area (Å²) in [6.07, 6.45) is 8.03. The standard InChI is InChI=1S/C15H27N3O2/c19-14(11-13-5-3-1-2-4-6-13)17-12-15(20)18-9-7-16-8-10-18/h13,16H,1-12H2,(H,17,19). The summed E-state index contributed by atoms with van der Waals surface area (Å²) in [7, 11) is 0. The lowest BCUT2D eigenvalue weighted by Crippen LogP contribution is -2.49. The highest BCUT2D eigenvalue weighted by Gasteiger charge is 2.19. The zero-order valence-corrected chi connectivity index (χ0v) is 12.3. The molecule has 5 nitrogen and oxygen atoms in total. The zero-order chi connectivity index (χ0) is 14.2. The molecule has 1 saturated carbocycles. The molecule has 1 heterocycles. The van der Waals surface area contributed by atoms with Gasteiger partial charge in [-0.2, -0.15) is 0 Å². The second-order valence-electron chi connectivity index (χ2n) is 5.97. The smallest absolute Gasteiger partial charge is 0.242 e. The van der Waals surface area contributed by atoms with E-state index in [-0.39, 0.29) is 18.4 Å². The van der Waals surface area contributed by atoms with Crippen LogP contribution in [0.4, 0.5) is 0 Å². The number of nitrogens with zero attached hydrogens (tertiary/aromatic N) is 1. The molecular formula is C15H27N3O2. The number of amides is 2. The molecule has 0 spiro atoms. The highest BCUT2D eigenvalue weighted by atomic mass is 16.2. The minimum Gasteiger partial charge on any atom is -0.347 e. The van der Waals surface area contributed by atoms with E-state index in [2.05, 4.69) is 10.6 Å². The third kappa shape index (κ3) is 5.12. The molecule has 0 atom stereocenters. The second-order valence-corrected chi connectivity index (χ2v) is 5.97. The van der Waals surface area contributed by atoms with Crippen molar-refractivity contribution >= 4 is 11.8 Å². The van der Waals surface area contributed by atoms with E-state index in [1.807, 2.05) is 4.90 Å². The van der Waals surface area contributed by atoms with Crippen LogP contribution in [0.15, 0.2) is 0 Å². The van der Waals surface area contributed by atoms with Crippen LogP contribution in [0.2, 0.25) is 0 Å². The fraction of sp³-hybridized carbons (Fsp3) is 0.867. The lowest BCUT2D eigenvalue weighted by atomic mass is 9.96. The summed E-state index contributed by atoms with van der Waals surface area (Å²) in [5.41, 5.74) is 0. The topological polar surface area (TPSA) is 61.4 Å². The normalized spacial score (nSPS) is 21.3. The first-order valence-electron chi connectivity index (χ1n) is 8.01. The van der Waals surface area contributed by atoms with E-state index in [9.17, 15) is 9.59 Å². The Bertz CT molecular complexity index is 319. The Morgan fingerprint density at radius 1 is 1.05 bits per heavy atom. The predicted molar refractivity (Wildman–Crippen MR) is 78.3 cm³/mol. The second kappa shape index (κ2) is 8.25. The van der Waals surface area contributed by atoms with E-state index in [1.165, 1.54) is 38.5 Å². The minimum atomic E-state index is 0.0420. The Kier molecular flexibility index (Phi) is 6.30. The molecule has 20 heavy (non-hydrogen) atoms. The molecule has 1 aliphatic carbocycles. The lowest BCUT2D eigenvalue weighted by molar-refractivity contribution is -0.133. The number of rotatable bonds is 4. The van der Waals surface area contributed by atoms with Crippen LogP contribution in [-0.2, 0) is 9.59 Å². The fourth-order valence-corrected chi connectivity index (χ4v) is 3.10. The van der Waals surface area contributed by atoms with Crippen molar-refractivity contribution in [3.8, 4) is 0 Å². The van der Waals surface area contributed by atoms with Gasteiger partial charge in [0.1, 0.15) is 0 Å². The largest absolute Gasteiger partial charge is 0.347 e. The summed E-state index contributed by atoms with van der Waals surface area (Å²) >= 11 is 0. The summed E-state index contributed by atoms with van der Waals surface area (Å²) < 4.78 is 0. The van der Waals surface area contributed by atoms with Crippen LogP contribution in [0.25, 0.3) is 0 Å². The number of hydrogen-bond donors (Lipinski definition) is 2. The zero-order valence-electron chi connectivity index (χ0n) is 12.3. The lowest BCUT2D eigenvalue weighted by Gasteiger charge is -2.27. The van der Waals surface area contributed by atoms with Gasteiger partial charge >= 0.3 is 0 Å². The average Bonchev–Trinajstić information content (AvgIpc) is 2.74. The van der Waals surface area contributed by atoms with Crippen molar-refractivity contribution in [1.29, 1.82) is 0 Å². The Morgan fingerprint density at radius 3 is 2.35 bits per heavy atom. The van der Waals surface area contributed by atoms with E-state index in [0.29, 0.717) is 12.3 Å². The first-order chi connectivity index (χ1) is 9.75. The molecule has 114 valence electrons. The average molecular weight is 281 g/mol. The molecule has 2 aliphatic rings. The maximum atomic E-state index is 11.9. The molecule has 0 aromatic heterocycles. The molecule has 0 aromatic carbocycles. The summed E-state index contributed by atoms with van der Waals surface area (Å²) in [5, 5.41) is 6.01. The van der Waals surface area contributed by atoms with Gasteiger partial charge in [0.25, 0.3) is 0 Å². The van der Waals surface area contributed by atoms with Crippen molar-refractivity contribution in [2.45, 2.75) is 44.9 Å². The van der Waals surface area contributed by atoms with Gasteiger partial charge in [-0.3, -0.25) is 9.59 Å². The van der Waals surface area contributed by atoms with Gasteiger partial charge in [0.05, 0.1) is 6.54 Å². The Balaban J connectivity index is 1.64. The molecule has 2 N–H and O–H groups in total. The van der Waals surface area contributed by atoms with E-state index < -0.39 is 0 Å². The maximum Gasteiger partial charge on any atom is 0.242 e. The molecule has 0 aromatic rings. The van der Waals surface area contributed by atoms with Crippen molar-refractivity contribution in [3.63, 3.8) is 0 Å². The summed E-state index contributed by atoms with van der Waals surface area (Å²) in [4.78, 5) is 25.7. The SMILES string of the molecule is O=C(CC1CCCCCC1)NCC(=O)N1CCNCC1. The summed E-state index contributed by atoms with van der Waals surface area (Å²) in [5.74, 6) is 0.605. The molecular weight excluding hydrogens is 254 g/mol. The molecule has 1 saturated heterocycles. The van der Waals surface area contributed by atoms with Gasteiger partial charge in [-0.1, -0.05) is 25.7 Å². The third-order valence-corrected chi connectivity index (χ3v) is 4.36. The van der Waals surface area contributed by atoms with Crippen LogP contribution in [0.5, 0.6) is 0 Å². The van der Waals surface area contributed by atoms with Gasteiger partial charge in [0, 0.05) is 32.6 Å². The highest BCUT2D eigenvalue weighted by molar-refractivity contribution is 5.84. The van der Waals surface area contributed by atoms with Crippen LogP contribution in [-0.4, -0.2) is 49.4 Å². The summed E-state index contributed by atoms with van der Waals surface area (Å²) in [6, 6.07) is 0. The Labute approximate surface area is 121 Å². The summed E-state index contributed by atoms with van der Waals surface area (Å²) in [6.45, 7) is 3.35. The number of carbonyl (C=O) groups excluding carboxylic acids is 2. The number of nitrogens with one attached hydrogen (secondary N) is 2. The molecule has 2 fully saturated rings. The minimum absolute atomic E-state index is 0.0420. The molecule has 1 aliphatic heterocycles. The van der Waals surface area contributed by atoms with Gasteiger partial charge in [-0.15, -0.1) is 0 Å². The van der Waals surface area contributed by atoms with Crippen molar-refractivity contribution < 1.29 is 9.59 Å². The van der Waals surface area contributed by atoms with E-state index in [0.717, 1.165) is 26.2 Å². The van der Waals surface area contributed by atoms with Crippen molar-refractivity contribution in [2.24, 2.45) is 5.92 Å². The van der Waals surface area contributed by atoms with Crippen LogP contribution in [0.3, 0.4) is 0 Å². The Hall–Kier alpha value is -1.10. The van der Waals surface area contributed by atoms with Gasteiger partial charge in [0.2, 0.25) is 11.8 Å². The van der Waals surface area contributed by atoms with Gasteiger partial charge in [-0.25, -0.2) is 0 Å². The quantitative estimate of drug-likeness (QED) is 0.753. The van der Waals surface area contributed by atoms with Crippen molar-refractivity contribution in [1.82, 2.24) is 15.5 Å². The first-order valence-corrected chi connectivity index (χ1v) is 8.01. The molecule has 2 amide bonds. The molecule has 0 radical (unpaired) electrons. The van der Waals surface area contributed by atoms with Gasteiger partial charge in [0.15, 0.2) is 0 Å². The van der Waals surface area contributed by atoms with Crippen LogP contribution in [0.1, 0.15) is 44.9 Å². The maximum absolute atomic E-state index is 11.9. The molecule has 2 rings (SSSR count). The van der Waals surface area contributed by atoms with Gasteiger partial charge < -0.3 is 15.5 Å². The monoisotopic (exact) mass is 281 g/mol. The first kappa shape index (κ1) is 15.3. The fourth-order valence-electron chi connectivity index (χ4n) is 3.10. The number of carbonyl (C=O) groups is 2. The third-order valence-electron chi connectivity index (χ3n) is 4.36. The van der Waals surface area contributed by atoms with Crippen LogP contribution >= 0.6 is 0 Å². The van der Waals surface area contributed by atoms with E-state index in [4.69, 9.17) is 0 Å². The Morgan fingerprint density at radius 2 is 1.70 bits per heavy atom. The highest BCUT2D eigenvalue weighted by Crippen LogP contribution is 2.25. The van der Waals surface area contributed by atoms with E-state index >= 15 is 0 Å². The molecule has 0 bridgehead atoms. The van der Waals surface area contributed by atoms with Crippen LogP contribution < -0.4 is 10.6 Å². The number of piperazine rings is 1. The van der Waals surface area contributed by atoms with E-state index in [1.54, 1.807) is 0 Å². The van der Waals surface area contributed by atoms with Crippen LogP contribution in [0, 0.1) is 5.92 Å². The predicted octanol–water partition coefficient (Wildman–Crippen LogP) is 0.895. The van der Waals surface area contributed by atoms with Crippen molar-refractivity contribution in [2.75, 3.05) is 32.7 Å². The van der Waals surface area contributed by atoms with Gasteiger partial charge in [-0.05, 0) is 18.8 Å². The molecule has 0 unspecified atom stereocenters. The number of hydrogen-bond acceptors (Lipinski definition) is 3.